The Balaban J connectivity index is 3.29. The lowest BCUT2D eigenvalue weighted by Crippen LogP contribution is -2.14. The maximum absolute atomic E-state index is 12.9. The molecule has 0 unspecified atom stereocenters. The molecule has 14 heavy (non-hydrogen) atoms. The molecule has 0 saturated heterocycles. The van der Waals surface area contributed by atoms with Crippen molar-refractivity contribution < 1.29 is 12.8 Å². The summed E-state index contributed by atoms with van der Waals surface area (Å²) in [6.45, 7) is 4.76. The van der Waals surface area contributed by atoms with E-state index in [0.29, 0.717) is 5.56 Å². The maximum atomic E-state index is 12.9. The van der Waals surface area contributed by atoms with Crippen molar-refractivity contribution in [3.63, 3.8) is 0 Å². The smallest absolute Gasteiger partial charge is 0.180 e. The lowest BCUT2D eigenvalue weighted by Gasteiger charge is -2.08. The van der Waals surface area contributed by atoms with Crippen LogP contribution in [0.1, 0.15) is 19.4 Å². The fraction of sp³-hybridized carbons (Fsp3) is 0.400. The molecule has 0 aliphatic heterocycles. The normalized spacial score (nSPS) is 12.1. The number of hydrogen-bond acceptors (Lipinski definition) is 2. The fourth-order valence-corrected chi connectivity index (χ4v) is 2.21. The second kappa shape index (κ2) is 3.69. The molecule has 0 fully saturated rings. The van der Waals surface area contributed by atoms with E-state index in [0.717, 1.165) is 0 Å². The Hall–Kier alpha value is -0.900. The molecule has 0 aromatic heterocycles. The third-order valence-corrected chi connectivity index (χ3v) is 4.23. The van der Waals surface area contributed by atoms with E-state index in [1.807, 2.05) is 0 Å². The van der Waals surface area contributed by atoms with Gasteiger partial charge in [-0.2, -0.15) is 0 Å². The van der Waals surface area contributed by atoms with Gasteiger partial charge in [-0.05, 0) is 44.5 Å². The molecule has 0 saturated carbocycles. The first kappa shape index (κ1) is 11.2. The number of rotatable bonds is 2. The van der Waals surface area contributed by atoms with Gasteiger partial charge in [0.15, 0.2) is 9.84 Å². The monoisotopic (exact) mass is 216 g/mol. The fourth-order valence-electron chi connectivity index (χ4n) is 1.07. The lowest BCUT2D eigenvalue weighted by molar-refractivity contribution is 0.585. The van der Waals surface area contributed by atoms with Crippen molar-refractivity contribution >= 4 is 9.84 Å². The van der Waals surface area contributed by atoms with Gasteiger partial charge in [0.2, 0.25) is 0 Å². The van der Waals surface area contributed by atoms with Gasteiger partial charge in [0.1, 0.15) is 5.82 Å². The highest BCUT2D eigenvalue weighted by atomic mass is 32.2. The van der Waals surface area contributed by atoms with Gasteiger partial charge >= 0.3 is 0 Å². The van der Waals surface area contributed by atoms with E-state index < -0.39 is 15.1 Å². The van der Waals surface area contributed by atoms with E-state index in [9.17, 15) is 12.8 Å². The Labute approximate surface area is 83.7 Å². The predicted molar refractivity (Wildman–Crippen MR) is 53.5 cm³/mol. The molecule has 0 radical (unpaired) electrons. The number of sulfone groups is 1. The van der Waals surface area contributed by atoms with Gasteiger partial charge < -0.3 is 0 Å². The largest absolute Gasteiger partial charge is 0.223 e. The molecule has 4 heteroatoms. The second-order valence-corrected chi connectivity index (χ2v) is 6.01. The van der Waals surface area contributed by atoms with Crippen molar-refractivity contribution in [3.8, 4) is 0 Å². The average Bonchev–Trinajstić information content (AvgIpc) is 2.09. The summed E-state index contributed by atoms with van der Waals surface area (Å²) in [6.07, 6.45) is 0. The summed E-state index contributed by atoms with van der Waals surface area (Å²) in [5.74, 6) is -0.382. The summed E-state index contributed by atoms with van der Waals surface area (Å²) in [5, 5.41) is -0.479. The standard InChI is InChI=1S/C10H13FO2S/c1-7(2)14(12,13)9-4-5-10(11)8(3)6-9/h4-7H,1-3H3. The van der Waals surface area contributed by atoms with Crippen molar-refractivity contribution in [2.45, 2.75) is 30.9 Å². The van der Waals surface area contributed by atoms with E-state index >= 15 is 0 Å². The zero-order chi connectivity index (χ0) is 10.9. The van der Waals surface area contributed by atoms with Crippen molar-refractivity contribution in [3.05, 3.63) is 29.6 Å². The first-order valence-electron chi connectivity index (χ1n) is 4.35. The molecule has 2 nitrogen and oxygen atoms in total. The molecule has 1 aromatic rings. The summed E-state index contributed by atoms with van der Waals surface area (Å²) in [4.78, 5) is 0.186. The Morgan fingerprint density at radius 3 is 2.29 bits per heavy atom. The van der Waals surface area contributed by atoms with Crippen LogP contribution in [-0.2, 0) is 9.84 Å². The van der Waals surface area contributed by atoms with Gasteiger partial charge in [-0.25, -0.2) is 12.8 Å². The quantitative estimate of drug-likeness (QED) is 0.711. The highest BCUT2D eigenvalue weighted by Gasteiger charge is 2.19. The minimum absolute atomic E-state index is 0.186. The molecule has 1 rings (SSSR count). The Morgan fingerprint density at radius 1 is 1.29 bits per heavy atom. The summed E-state index contributed by atoms with van der Waals surface area (Å²) >= 11 is 0. The molecule has 78 valence electrons. The third kappa shape index (κ3) is 1.95. The van der Waals surface area contributed by atoms with Crippen LogP contribution in [0.25, 0.3) is 0 Å². The topological polar surface area (TPSA) is 34.1 Å². The average molecular weight is 216 g/mol. The highest BCUT2D eigenvalue weighted by molar-refractivity contribution is 7.92. The molecule has 0 spiro atoms. The van der Waals surface area contributed by atoms with E-state index in [4.69, 9.17) is 0 Å². The zero-order valence-corrected chi connectivity index (χ0v) is 9.23. The SMILES string of the molecule is Cc1cc(S(=O)(=O)C(C)C)ccc1F. The van der Waals surface area contributed by atoms with E-state index in [-0.39, 0.29) is 10.7 Å². The van der Waals surface area contributed by atoms with Crippen LogP contribution in [0, 0.1) is 12.7 Å². The highest BCUT2D eigenvalue weighted by Crippen LogP contribution is 2.18. The van der Waals surface area contributed by atoms with Crippen LogP contribution in [0.4, 0.5) is 4.39 Å². The van der Waals surface area contributed by atoms with Crippen molar-refractivity contribution in [2.24, 2.45) is 0 Å². The van der Waals surface area contributed by atoms with Crippen LogP contribution in [0.15, 0.2) is 23.1 Å². The number of benzene rings is 1. The molecule has 0 aliphatic rings. The van der Waals surface area contributed by atoms with Crippen LogP contribution in [0.3, 0.4) is 0 Å². The van der Waals surface area contributed by atoms with Crippen molar-refractivity contribution in [1.82, 2.24) is 0 Å². The minimum Gasteiger partial charge on any atom is -0.223 e. The lowest BCUT2D eigenvalue weighted by atomic mass is 10.2. The molecule has 0 N–H and O–H groups in total. The molecule has 0 heterocycles. The number of aryl methyl sites for hydroxylation is 1. The molecular formula is C10H13FO2S. The first-order valence-corrected chi connectivity index (χ1v) is 5.90. The van der Waals surface area contributed by atoms with Gasteiger partial charge in [-0.15, -0.1) is 0 Å². The van der Waals surface area contributed by atoms with Gasteiger partial charge in [0, 0.05) is 0 Å². The van der Waals surface area contributed by atoms with Crippen molar-refractivity contribution in [2.75, 3.05) is 0 Å². The molecule has 0 amide bonds. The minimum atomic E-state index is -3.28. The number of halogens is 1. The first-order chi connectivity index (χ1) is 6.35. The van der Waals surface area contributed by atoms with Crippen LogP contribution < -0.4 is 0 Å². The van der Waals surface area contributed by atoms with E-state index in [1.54, 1.807) is 20.8 Å². The van der Waals surface area contributed by atoms with Crippen molar-refractivity contribution in [1.29, 1.82) is 0 Å². The molecule has 1 aromatic carbocycles. The van der Waals surface area contributed by atoms with Gasteiger partial charge in [-0.1, -0.05) is 0 Å². The van der Waals surface area contributed by atoms with Crippen LogP contribution in [0.5, 0.6) is 0 Å². The van der Waals surface area contributed by atoms with Gasteiger partial charge in [0.25, 0.3) is 0 Å². The van der Waals surface area contributed by atoms with Crippen LogP contribution in [-0.4, -0.2) is 13.7 Å². The van der Waals surface area contributed by atoms with Crippen LogP contribution in [0.2, 0.25) is 0 Å². The zero-order valence-electron chi connectivity index (χ0n) is 8.41. The molecular weight excluding hydrogens is 203 g/mol. The van der Waals surface area contributed by atoms with Gasteiger partial charge in [-0.3, -0.25) is 0 Å². The van der Waals surface area contributed by atoms with E-state index in [2.05, 4.69) is 0 Å². The number of hydrogen-bond donors (Lipinski definition) is 0. The third-order valence-electron chi connectivity index (χ3n) is 2.08. The maximum Gasteiger partial charge on any atom is 0.180 e. The molecule has 0 aliphatic carbocycles. The predicted octanol–water partition coefficient (Wildman–Crippen LogP) is 2.32. The Bertz CT molecular complexity index is 435. The molecule has 0 bridgehead atoms. The van der Waals surface area contributed by atoms with Gasteiger partial charge in [0.05, 0.1) is 10.1 Å². The summed E-state index contributed by atoms with van der Waals surface area (Å²) < 4.78 is 36.2. The van der Waals surface area contributed by atoms with E-state index in [1.165, 1.54) is 18.2 Å². The van der Waals surface area contributed by atoms with Crippen LogP contribution >= 0.6 is 0 Å². The summed E-state index contributed by atoms with van der Waals surface area (Å²) in [6, 6.07) is 3.85. The summed E-state index contributed by atoms with van der Waals surface area (Å²) in [7, 11) is -3.28. The summed E-state index contributed by atoms with van der Waals surface area (Å²) in [5.41, 5.74) is 0.353. The molecule has 0 atom stereocenters. The Morgan fingerprint density at radius 2 is 1.86 bits per heavy atom. The second-order valence-electron chi connectivity index (χ2n) is 3.50. The Kier molecular flexibility index (Phi) is 2.95.